The van der Waals surface area contributed by atoms with Gasteiger partial charge in [-0.25, -0.2) is 4.79 Å². The average Bonchev–Trinajstić information content (AvgIpc) is 2.98. The number of hydrogen-bond acceptors (Lipinski definition) is 8. The van der Waals surface area contributed by atoms with Gasteiger partial charge in [-0.1, -0.05) is 23.3 Å². The molecule has 0 aromatic heterocycles. The van der Waals surface area contributed by atoms with Gasteiger partial charge in [-0.05, 0) is 82.5 Å². The standard InChI is InChI=1S/C33H42N2O8/c1-8-43-33(39)26-14-13-25(34-30(36)15-12-24-18-28(40-6)32(38)29(19-24)41-7)20-27(26)35(5)31(37)21-42-17-16-23(4)11-9-10-22(2)3/h10,12-16,18-20,38H,8-9,11,17,21H2,1-7H3,(H,34,36)/b15-12+,23-16+. The zero-order valence-corrected chi connectivity index (χ0v) is 26.0. The summed E-state index contributed by atoms with van der Waals surface area (Å²) in [6.45, 7) is 8.09. The molecule has 0 unspecified atom stereocenters. The molecule has 2 N–H and O–H groups in total. The molecule has 232 valence electrons. The van der Waals surface area contributed by atoms with Crippen LogP contribution < -0.4 is 19.7 Å². The molecule has 0 aliphatic rings. The number of nitrogens with one attached hydrogen (secondary N) is 1. The van der Waals surface area contributed by atoms with Crippen LogP contribution in [0.2, 0.25) is 0 Å². The first-order valence-electron chi connectivity index (χ1n) is 13.9. The minimum absolute atomic E-state index is 0.147. The van der Waals surface area contributed by atoms with Gasteiger partial charge in [0, 0.05) is 18.8 Å². The molecule has 0 bridgehead atoms. The number of benzene rings is 2. The number of phenols is 1. The highest BCUT2D eigenvalue weighted by molar-refractivity contribution is 6.06. The molecule has 0 heterocycles. The maximum atomic E-state index is 13.0. The predicted molar refractivity (Wildman–Crippen MR) is 168 cm³/mol. The molecule has 2 amide bonds. The molecule has 0 atom stereocenters. The molecule has 0 aliphatic heterocycles. The Balaban J connectivity index is 2.16. The van der Waals surface area contributed by atoms with Crippen molar-refractivity contribution >= 4 is 35.2 Å². The molecule has 2 aromatic carbocycles. The number of ether oxygens (including phenoxy) is 4. The van der Waals surface area contributed by atoms with Crippen LogP contribution in [0.15, 0.2) is 59.7 Å². The monoisotopic (exact) mass is 594 g/mol. The van der Waals surface area contributed by atoms with Gasteiger partial charge in [0.1, 0.15) is 6.61 Å². The van der Waals surface area contributed by atoms with Crippen molar-refractivity contribution in [2.24, 2.45) is 0 Å². The van der Waals surface area contributed by atoms with E-state index in [0.717, 1.165) is 12.8 Å². The molecule has 0 aliphatic carbocycles. The van der Waals surface area contributed by atoms with Crippen LogP contribution in [0.3, 0.4) is 0 Å². The number of allylic oxidation sites excluding steroid dienone is 3. The van der Waals surface area contributed by atoms with Crippen LogP contribution in [0, 0.1) is 0 Å². The van der Waals surface area contributed by atoms with Crippen molar-refractivity contribution in [3.05, 3.63) is 70.8 Å². The maximum Gasteiger partial charge on any atom is 0.340 e. The lowest BCUT2D eigenvalue weighted by molar-refractivity contribution is -0.122. The zero-order valence-electron chi connectivity index (χ0n) is 26.0. The number of amides is 2. The van der Waals surface area contributed by atoms with Crippen LogP contribution in [0.4, 0.5) is 11.4 Å². The average molecular weight is 595 g/mol. The van der Waals surface area contributed by atoms with Crippen LogP contribution >= 0.6 is 0 Å². The van der Waals surface area contributed by atoms with Gasteiger partial charge >= 0.3 is 5.97 Å². The number of likely N-dealkylation sites (N-methyl/N-ethyl adjacent to an activating group) is 1. The van der Waals surface area contributed by atoms with E-state index in [9.17, 15) is 19.5 Å². The van der Waals surface area contributed by atoms with Crippen molar-refractivity contribution in [1.29, 1.82) is 0 Å². The first kappa shape index (κ1) is 34.6. The van der Waals surface area contributed by atoms with Crippen molar-refractivity contribution in [3.63, 3.8) is 0 Å². The number of carbonyl (C=O) groups is 3. The number of aromatic hydroxyl groups is 1. The lowest BCUT2D eigenvalue weighted by atomic mass is 10.1. The van der Waals surface area contributed by atoms with Crippen LogP contribution in [-0.4, -0.2) is 64.0 Å². The molecule has 0 radical (unpaired) electrons. The number of esters is 1. The van der Waals surface area contributed by atoms with Crippen molar-refractivity contribution in [1.82, 2.24) is 0 Å². The Morgan fingerprint density at radius 2 is 1.67 bits per heavy atom. The lowest BCUT2D eigenvalue weighted by Gasteiger charge is -2.21. The number of carbonyl (C=O) groups excluding carboxylic acids is 3. The van der Waals surface area contributed by atoms with E-state index in [2.05, 4.69) is 25.2 Å². The van der Waals surface area contributed by atoms with Crippen molar-refractivity contribution < 1.29 is 38.4 Å². The Morgan fingerprint density at radius 1 is 1.00 bits per heavy atom. The van der Waals surface area contributed by atoms with Crippen molar-refractivity contribution in [2.75, 3.05) is 51.3 Å². The minimum atomic E-state index is -0.596. The highest BCUT2D eigenvalue weighted by Crippen LogP contribution is 2.37. The summed E-state index contributed by atoms with van der Waals surface area (Å²) in [5, 5.41) is 12.8. The van der Waals surface area contributed by atoms with E-state index >= 15 is 0 Å². The van der Waals surface area contributed by atoms with Crippen molar-refractivity contribution in [2.45, 2.75) is 40.5 Å². The first-order chi connectivity index (χ1) is 20.5. The molecular weight excluding hydrogens is 552 g/mol. The summed E-state index contributed by atoms with van der Waals surface area (Å²) < 4.78 is 21.0. The minimum Gasteiger partial charge on any atom is -0.502 e. The normalized spacial score (nSPS) is 11.2. The van der Waals surface area contributed by atoms with Gasteiger partial charge in [0.05, 0.1) is 38.7 Å². The SMILES string of the molecule is CCOC(=O)c1ccc(NC(=O)/C=C/c2cc(OC)c(O)c(OC)c2)cc1N(C)C(=O)COC/C=C(\C)CCC=C(C)C. The van der Waals surface area contributed by atoms with E-state index in [4.69, 9.17) is 18.9 Å². The van der Waals surface area contributed by atoms with Gasteiger partial charge in [0.2, 0.25) is 11.7 Å². The zero-order chi connectivity index (χ0) is 31.9. The van der Waals surface area contributed by atoms with E-state index in [-0.39, 0.29) is 54.2 Å². The second-order valence-electron chi connectivity index (χ2n) is 9.89. The second kappa shape index (κ2) is 17.4. The summed E-state index contributed by atoms with van der Waals surface area (Å²) in [6.07, 6.45) is 8.81. The largest absolute Gasteiger partial charge is 0.502 e. The molecular formula is C33H42N2O8. The fraction of sp³-hybridized carbons (Fsp3) is 0.364. The molecule has 0 saturated carbocycles. The number of nitrogens with zero attached hydrogens (tertiary/aromatic N) is 1. The van der Waals surface area contributed by atoms with Gasteiger partial charge in [0.15, 0.2) is 11.5 Å². The fourth-order valence-corrected chi connectivity index (χ4v) is 3.90. The van der Waals surface area contributed by atoms with E-state index in [1.54, 1.807) is 25.1 Å². The number of hydrogen-bond donors (Lipinski definition) is 2. The van der Waals surface area contributed by atoms with Crippen LogP contribution in [0.5, 0.6) is 17.2 Å². The first-order valence-corrected chi connectivity index (χ1v) is 13.9. The second-order valence-corrected chi connectivity index (χ2v) is 9.89. The number of phenolic OH excluding ortho intramolecular Hbond substituents is 1. The number of rotatable bonds is 15. The molecule has 0 fully saturated rings. The Labute approximate surface area is 253 Å². The molecule has 10 heteroatoms. The molecule has 0 saturated heterocycles. The van der Waals surface area contributed by atoms with Crippen LogP contribution in [0.1, 0.15) is 56.5 Å². The van der Waals surface area contributed by atoms with Gasteiger partial charge in [-0.3, -0.25) is 9.59 Å². The summed E-state index contributed by atoms with van der Waals surface area (Å²) in [7, 11) is 4.35. The summed E-state index contributed by atoms with van der Waals surface area (Å²) in [5.74, 6) is -1.20. The highest BCUT2D eigenvalue weighted by Gasteiger charge is 2.21. The third-order valence-electron chi connectivity index (χ3n) is 6.29. The number of methoxy groups -OCH3 is 2. The predicted octanol–water partition coefficient (Wildman–Crippen LogP) is 5.91. The molecule has 10 nitrogen and oxygen atoms in total. The molecule has 2 aromatic rings. The van der Waals surface area contributed by atoms with E-state index in [0.29, 0.717) is 11.3 Å². The quantitative estimate of drug-likeness (QED) is 0.113. The van der Waals surface area contributed by atoms with Gasteiger partial charge < -0.3 is 34.3 Å². The van der Waals surface area contributed by atoms with Crippen LogP contribution in [-0.2, 0) is 19.1 Å². The Morgan fingerprint density at radius 3 is 2.28 bits per heavy atom. The Kier molecular flexibility index (Phi) is 14.0. The molecule has 2 rings (SSSR count). The summed E-state index contributed by atoms with van der Waals surface area (Å²) in [4.78, 5) is 39.6. The third kappa shape index (κ3) is 11.0. The summed E-state index contributed by atoms with van der Waals surface area (Å²) in [6, 6.07) is 7.67. The summed E-state index contributed by atoms with van der Waals surface area (Å²) in [5.41, 5.74) is 3.79. The van der Waals surface area contributed by atoms with E-state index in [1.165, 1.54) is 61.6 Å². The molecule has 0 spiro atoms. The highest BCUT2D eigenvalue weighted by atomic mass is 16.5. The lowest BCUT2D eigenvalue weighted by Crippen LogP contribution is -2.31. The Hall–Kier alpha value is -4.57. The maximum absolute atomic E-state index is 13.0. The fourth-order valence-electron chi connectivity index (χ4n) is 3.90. The number of anilines is 2. The topological polar surface area (TPSA) is 124 Å². The van der Waals surface area contributed by atoms with E-state index in [1.807, 2.05) is 13.0 Å². The van der Waals surface area contributed by atoms with E-state index < -0.39 is 11.9 Å². The van der Waals surface area contributed by atoms with Gasteiger partial charge in [-0.15, -0.1) is 0 Å². The smallest absolute Gasteiger partial charge is 0.340 e. The molecule has 43 heavy (non-hydrogen) atoms. The Bertz CT molecular complexity index is 1350. The van der Waals surface area contributed by atoms with Gasteiger partial charge in [-0.2, -0.15) is 0 Å². The van der Waals surface area contributed by atoms with Gasteiger partial charge in [0.25, 0.3) is 5.91 Å². The van der Waals surface area contributed by atoms with Crippen LogP contribution in [0.25, 0.3) is 6.08 Å². The summed E-state index contributed by atoms with van der Waals surface area (Å²) >= 11 is 0. The third-order valence-corrected chi connectivity index (χ3v) is 6.29. The van der Waals surface area contributed by atoms with Crippen molar-refractivity contribution in [3.8, 4) is 17.2 Å².